The van der Waals surface area contributed by atoms with Crippen LogP contribution in [0.25, 0.3) is 0 Å². The van der Waals surface area contributed by atoms with Gasteiger partial charge >= 0.3 is 0 Å². The van der Waals surface area contributed by atoms with Crippen LogP contribution in [0.15, 0.2) is 12.4 Å². The van der Waals surface area contributed by atoms with E-state index in [1.165, 1.54) is 12.8 Å². The second-order valence-corrected chi connectivity index (χ2v) is 3.95. The zero-order valence-electron chi connectivity index (χ0n) is 9.19. The number of rotatable bonds is 3. The molecule has 1 atom stereocenters. The van der Waals surface area contributed by atoms with Crippen LogP contribution in [0, 0.1) is 0 Å². The molecule has 1 aromatic heterocycles. The van der Waals surface area contributed by atoms with E-state index in [1.54, 1.807) is 6.33 Å². The van der Waals surface area contributed by atoms with Crippen LogP contribution in [-0.4, -0.2) is 29.1 Å². The van der Waals surface area contributed by atoms with Crippen molar-refractivity contribution in [1.82, 2.24) is 9.97 Å². The Morgan fingerprint density at radius 3 is 3.13 bits per heavy atom. The van der Waals surface area contributed by atoms with Gasteiger partial charge < -0.3 is 10.6 Å². The lowest BCUT2D eigenvalue weighted by Crippen LogP contribution is -2.35. The van der Waals surface area contributed by atoms with Gasteiger partial charge in [-0.25, -0.2) is 9.97 Å². The first-order valence-corrected chi connectivity index (χ1v) is 5.62. The molecule has 2 N–H and O–H groups in total. The molecule has 0 aromatic carbocycles. The third kappa shape index (κ3) is 2.09. The fraction of sp³-hybridized carbons (Fsp3) is 0.636. The Hall–Kier alpha value is -1.16. The topological polar surface area (TPSA) is 55.0 Å². The number of aryl methyl sites for hydroxylation is 1. The van der Waals surface area contributed by atoms with Crippen molar-refractivity contribution in [3.05, 3.63) is 18.1 Å². The molecule has 4 nitrogen and oxygen atoms in total. The third-order valence-electron chi connectivity index (χ3n) is 3.01. The van der Waals surface area contributed by atoms with Crippen LogP contribution in [0.2, 0.25) is 0 Å². The smallest absolute Gasteiger partial charge is 0.132 e. The molecule has 0 spiro atoms. The summed E-state index contributed by atoms with van der Waals surface area (Å²) < 4.78 is 0. The van der Waals surface area contributed by atoms with Crippen molar-refractivity contribution in [2.45, 2.75) is 32.2 Å². The number of anilines is 1. The van der Waals surface area contributed by atoms with E-state index < -0.39 is 0 Å². The predicted molar refractivity (Wildman–Crippen MR) is 60.8 cm³/mol. The molecule has 2 heterocycles. The monoisotopic (exact) mass is 206 g/mol. The molecular weight excluding hydrogens is 188 g/mol. The Morgan fingerprint density at radius 1 is 1.53 bits per heavy atom. The van der Waals surface area contributed by atoms with E-state index >= 15 is 0 Å². The van der Waals surface area contributed by atoms with E-state index in [0.29, 0.717) is 12.6 Å². The molecule has 1 fully saturated rings. The first-order valence-electron chi connectivity index (χ1n) is 5.62. The highest BCUT2D eigenvalue weighted by Crippen LogP contribution is 2.23. The van der Waals surface area contributed by atoms with Crippen molar-refractivity contribution in [3.63, 3.8) is 0 Å². The third-order valence-corrected chi connectivity index (χ3v) is 3.01. The average molecular weight is 206 g/mol. The van der Waals surface area contributed by atoms with Crippen LogP contribution in [0.1, 0.15) is 25.5 Å². The molecule has 0 aliphatic carbocycles. The summed E-state index contributed by atoms with van der Waals surface area (Å²) in [6.45, 7) is 3.89. The molecule has 1 aromatic rings. The predicted octanol–water partition coefficient (Wildman–Crippen LogP) is 0.966. The Kier molecular flexibility index (Phi) is 3.16. The van der Waals surface area contributed by atoms with Gasteiger partial charge in [0.1, 0.15) is 12.1 Å². The summed E-state index contributed by atoms with van der Waals surface area (Å²) in [7, 11) is 0. The van der Waals surface area contributed by atoms with E-state index in [2.05, 4.69) is 27.9 Å². The zero-order valence-corrected chi connectivity index (χ0v) is 9.19. The van der Waals surface area contributed by atoms with Crippen LogP contribution in [-0.2, 0) is 6.42 Å². The molecule has 1 saturated heterocycles. The Labute approximate surface area is 90.5 Å². The van der Waals surface area contributed by atoms with Gasteiger partial charge in [-0.3, -0.25) is 0 Å². The minimum absolute atomic E-state index is 0.463. The minimum Gasteiger partial charge on any atom is -0.352 e. The Morgan fingerprint density at radius 2 is 2.40 bits per heavy atom. The van der Waals surface area contributed by atoms with Crippen LogP contribution >= 0.6 is 0 Å². The molecule has 0 bridgehead atoms. The van der Waals surface area contributed by atoms with Gasteiger partial charge in [0.2, 0.25) is 0 Å². The largest absolute Gasteiger partial charge is 0.352 e. The van der Waals surface area contributed by atoms with Gasteiger partial charge in [0.15, 0.2) is 0 Å². The van der Waals surface area contributed by atoms with Crippen molar-refractivity contribution in [2.75, 3.05) is 18.0 Å². The van der Waals surface area contributed by atoms with Crippen molar-refractivity contribution in [1.29, 1.82) is 0 Å². The van der Waals surface area contributed by atoms with E-state index in [9.17, 15) is 0 Å². The van der Waals surface area contributed by atoms with Gasteiger partial charge in [-0.05, 0) is 19.3 Å². The molecule has 1 aliphatic rings. The molecule has 0 radical (unpaired) electrons. The van der Waals surface area contributed by atoms with Gasteiger partial charge in [-0.2, -0.15) is 0 Å². The second kappa shape index (κ2) is 4.57. The molecule has 4 heteroatoms. The van der Waals surface area contributed by atoms with Crippen molar-refractivity contribution in [2.24, 2.45) is 5.73 Å². The average Bonchev–Trinajstić information content (AvgIpc) is 2.77. The molecule has 15 heavy (non-hydrogen) atoms. The van der Waals surface area contributed by atoms with Crippen LogP contribution < -0.4 is 10.6 Å². The lowest BCUT2D eigenvalue weighted by molar-refractivity contribution is 0.670. The molecule has 2 rings (SSSR count). The number of hydrogen-bond donors (Lipinski definition) is 1. The molecule has 0 saturated carbocycles. The summed E-state index contributed by atoms with van der Waals surface area (Å²) in [6, 6.07) is 2.54. The van der Waals surface area contributed by atoms with Crippen molar-refractivity contribution in [3.8, 4) is 0 Å². The lowest BCUT2D eigenvalue weighted by Gasteiger charge is -2.24. The highest BCUT2D eigenvalue weighted by molar-refractivity contribution is 5.41. The van der Waals surface area contributed by atoms with Gasteiger partial charge in [0.05, 0.1) is 0 Å². The maximum absolute atomic E-state index is 5.75. The van der Waals surface area contributed by atoms with Crippen LogP contribution in [0.5, 0.6) is 0 Å². The summed E-state index contributed by atoms with van der Waals surface area (Å²) in [5, 5.41) is 0. The van der Waals surface area contributed by atoms with Crippen LogP contribution in [0.4, 0.5) is 5.82 Å². The summed E-state index contributed by atoms with van der Waals surface area (Å²) in [6.07, 6.45) is 5.01. The number of hydrogen-bond acceptors (Lipinski definition) is 4. The quantitative estimate of drug-likeness (QED) is 0.800. The molecule has 1 aliphatic heterocycles. The van der Waals surface area contributed by atoms with Crippen LogP contribution in [0.3, 0.4) is 0 Å². The SMILES string of the molecule is CCc1cc(N2CCCC2CN)ncn1. The molecular formula is C11H18N4. The first kappa shape index (κ1) is 10.4. The lowest BCUT2D eigenvalue weighted by atomic mass is 10.2. The summed E-state index contributed by atoms with van der Waals surface area (Å²) in [4.78, 5) is 10.8. The van der Waals surface area contributed by atoms with E-state index in [1.807, 2.05) is 0 Å². The summed E-state index contributed by atoms with van der Waals surface area (Å²) in [5.41, 5.74) is 6.85. The standard InChI is InChI=1S/C11H18N4/c1-2-9-6-11(14-8-13-9)15-5-3-4-10(15)7-12/h6,8,10H,2-5,7,12H2,1H3. The molecule has 82 valence electrons. The van der Waals surface area contributed by atoms with Crippen molar-refractivity contribution >= 4 is 5.82 Å². The maximum Gasteiger partial charge on any atom is 0.132 e. The normalized spacial score (nSPS) is 20.9. The van der Waals surface area contributed by atoms with E-state index in [0.717, 1.165) is 24.5 Å². The Bertz CT molecular complexity index is 326. The minimum atomic E-state index is 0.463. The number of nitrogens with zero attached hydrogens (tertiary/aromatic N) is 3. The Balaban J connectivity index is 2.20. The summed E-state index contributed by atoms with van der Waals surface area (Å²) >= 11 is 0. The highest BCUT2D eigenvalue weighted by Gasteiger charge is 2.24. The molecule has 0 amide bonds. The van der Waals surface area contributed by atoms with Gasteiger partial charge in [-0.15, -0.1) is 0 Å². The van der Waals surface area contributed by atoms with Gasteiger partial charge in [0, 0.05) is 30.9 Å². The molecule has 1 unspecified atom stereocenters. The van der Waals surface area contributed by atoms with E-state index in [4.69, 9.17) is 5.73 Å². The fourth-order valence-corrected chi connectivity index (χ4v) is 2.12. The fourth-order valence-electron chi connectivity index (χ4n) is 2.12. The van der Waals surface area contributed by atoms with Gasteiger partial charge in [-0.1, -0.05) is 6.92 Å². The number of nitrogens with two attached hydrogens (primary N) is 1. The second-order valence-electron chi connectivity index (χ2n) is 3.95. The first-order chi connectivity index (χ1) is 7.35. The van der Waals surface area contributed by atoms with Crippen molar-refractivity contribution < 1.29 is 0 Å². The van der Waals surface area contributed by atoms with E-state index in [-0.39, 0.29) is 0 Å². The highest BCUT2D eigenvalue weighted by atomic mass is 15.2. The maximum atomic E-state index is 5.75. The number of aromatic nitrogens is 2. The van der Waals surface area contributed by atoms with Gasteiger partial charge in [0.25, 0.3) is 0 Å². The summed E-state index contributed by atoms with van der Waals surface area (Å²) in [5.74, 6) is 1.04. The zero-order chi connectivity index (χ0) is 10.7.